The third-order valence-corrected chi connectivity index (χ3v) is 7.14. The molecule has 1 N–H and O–H groups in total. The largest absolute Gasteiger partial charge is 0.481 e. The molecule has 2 aliphatic rings. The molecule has 2 heterocycles. The molecule has 2 aromatic rings. The first-order chi connectivity index (χ1) is 14.8. The summed E-state index contributed by atoms with van der Waals surface area (Å²) < 4.78 is 6.13. The van der Waals surface area contributed by atoms with Gasteiger partial charge < -0.3 is 9.84 Å². The van der Waals surface area contributed by atoms with Gasteiger partial charge in [0.05, 0.1) is 11.4 Å². The minimum Gasteiger partial charge on any atom is -0.481 e. The summed E-state index contributed by atoms with van der Waals surface area (Å²) in [7, 11) is 0. The Kier molecular flexibility index (Phi) is 6.47. The standard InChI is InChI=1S/C25H35N3O3/c1-25(2,3)20-5-7-21(8-6-20)31-24-26-15-19-14-17(4-9-22(19)27-24)16-28-12-10-18(11-13-28)23(29)30/h4,9,14-15,18,20-21H,5-8,10-13,16H2,1-3H3,(H,29,30). The Morgan fingerprint density at radius 1 is 1.13 bits per heavy atom. The molecule has 1 saturated heterocycles. The van der Waals surface area contributed by atoms with Crippen molar-refractivity contribution in [3.8, 4) is 6.01 Å². The number of piperidine rings is 1. The molecule has 4 rings (SSSR count). The second-order valence-electron chi connectivity index (χ2n) is 10.4. The normalized spacial score (nSPS) is 23.7. The van der Waals surface area contributed by atoms with E-state index < -0.39 is 5.97 Å². The van der Waals surface area contributed by atoms with E-state index in [1.165, 1.54) is 18.4 Å². The lowest BCUT2D eigenvalue weighted by Gasteiger charge is -2.36. The summed E-state index contributed by atoms with van der Waals surface area (Å²) in [5, 5.41) is 10.2. The van der Waals surface area contributed by atoms with Gasteiger partial charge in [-0.1, -0.05) is 26.8 Å². The quantitative estimate of drug-likeness (QED) is 0.734. The summed E-state index contributed by atoms with van der Waals surface area (Å²) in [6.45, 7) is 9.48. The van der Waals surface area contributed by atoms with Gasteiger partial charge in [0.2, 0.25) is 0 Å². The first-order valence-electron chi connectivity index (χ1n) is 11.7. The highest BCUT2D eigenvalue weighted by atomic mass is 16.5. The molecule has 0 unspecified atom stereocenters. The molecule has 1 aromatic carbocycles. The fraction of sp³-hybridized carbons (Fsp3) is 0.640. The number of carboxylic acid groups (broad SMARTS) is 1. The van der Waals surface area contributed by atoms with E-state index in [-0.39, 0.29) is 12.0 Å². The van der Waals surface area contributed by atoms with Crippen LogP contribution in [0.5, 0.6) is 6.01 Å². The zero-order chi connectivity index (χ0) is 22.0. The third-order valence-electron chi connectivity index (χ3n) is 7.14. The van der Waals surface area contributed by atoms with Gasteiger partial charge in [-0.05, 0) is 80.6 Å². The number of rotatable bonds is 5. The summed E-state index contributed by atoms with van der Waals surface area (Å²) in [5.41, 5.74) is 2.48. The molecule has 6 nitrogen and oxygen atoms in total. The highest BCUT2D eigenvalue weighted by Crippen LogP contribution is 2.38. The predicted octanol–water partition coefficient (Wildman–Crippen LogP) is 4.91. The van der Waals surface area contributed by atoms with Gasteiger partial charge in [-0.3, -0.25) is 9.69 Å². The number of aliphatic carboxylic acids is 1. The fourth-order valence-corrected chi connectivity index (χ4v) is 5.01. The molecule has 1 aliphatic heterocycles. The van der Waals surface area contributed by atoms with Crippen molar-refractivity contribution in [3.05, 3.63) is 30.0 Å². The van der Waals surface area contributed by atoms with Gasteiger partial charge in [0.15, 0.2) is 0 Å². The topological polar surface area (TPSA) is 75.5 Å². The van der Waals surface area contributed by atoms with E-state index in [2.05, 4.69) is 47.8 Å². The zero-order valence-electron chi connectivity index (χ0n) is 19.0. The summed E-state index contributed by atoms with van der Waals surface area (Å²) in [6.07, 6.45) is 8.07. The highest BCUT2D eigenvalue weighted by Gasteiger charge is 2.30. The number of carboxylic acids is 1. The number of aromatic nitrogens is 2. The van der Waals surface area contributed by atoms with Gasteiger partial charge in [0, 0.05) is 18.1 Å². The van der Waals surface area contributed by atoms with Crippen molar-refractivity contribution in [2.24, 2.45) is 17.3 Å². The Bertz CT molecular complexity index is 908. The van der Waals surface area contributed by atoms with Crippen LogP contribution in [0.1, 0.15) is 64.9 Å². The van der Waals surface area contributed by atoms with Crippen LogP contribution >= 0.6 is 0 Å². The average molecular weight is 426 g/mol. The molecule has 0 spiro atoms. The number of ether oxygens (including phenoxy) is 1. The maximum Gasteiger partial charge on any atom is 0.317 e. The summed E-state index contributed by atoms with van der Waals surface area (Å²) in [5.74, 6) is -0.0934. The number of carbonyl (C=O) groups is 1. The molecule has 0 radical (unpaired) electrons. The second-order valence-corrected chi connectivity index (χ2v) is 10.4. The number of benzene rings is 1. The third kappa shape index (κ3) is 5.53. The Morgan fingerprint density at radius 3 is 2.48 bits per heavy atom. The van der Waals surface area contributed by atoms with Crippen molar-refractivity contribution in [1.29, 1.82) is 0 Å². The molecule has 31 heavy (non-hydrogen) atoms. The molecule has 1 aliphatic carbocycles. The smallest absolute Gasteiger partial charge is 0.317 e. The number of likely N-dealkylation sites (tertiary alicyclic amines) is 1. The molecule has 0 amide bonds. The lowest BCUT2D eigenvalue weighted by molar-refractivity contribution is -0.143. The second kappa shape index (κ2) is 9.11. The molecule has 2 fully saturated rings. The van der Waals surface area contributed by atoms with Gasteiger partial charge in [0.1, 0.15) is 6.10 Å². The molecular formula is C25H35N3O3. The first kappa shape index (κ1) is 22.0. The molecule has 1 saturated carbocycles. The van der Waals surface area contributed by atoms with E-state index in [9.17, 15) is 4.79 Å². The van der Waals surface area contributed by atoms with Crippen LogP contribution in [0.15, 0.2) is 24.4 Å². The van der Waals surface area contributed by atoms with Crippen molar-refractivity contribution in [3.63, 3.8) is 0 Å². The number of hydrogen-bond donors (Lipinski definition) is 1. The summed E-state index contributed by atoms with van der Waals surface area (Å²) in [4.78, 5) is 22.6. The van der Waals surface area contributed by atoms with E-state index >= 15 is 0 Å². The summed E-state index contributed by atoms with van der Waals surface area (Å²) in [6, 6.07) is 6.77. The predicted molar refractivity (Wildman–Crippen MR) is 121 cm³/mol. The first-order valence-corrected chi connectivity index (χ1v) is 11.7. The molecule has 6 heteroatoms. The zero-order valence-corrected chi connectivity index (χ0v) is 19.0. The molecule has 1 aromatic heterocycles. The Hall–Kier alpha value is -2.21. The highest BCUT2D eigenvalue weighted by molar-refractivity contribution is 5.78. The average Bonchev–Trinajstić information content (AvgIpc) is 2.74. The maximum atomic E-state index is 11.1. The van der Waals surface area contributed by atoms with Crippen LogP contribution in [0.2, 0.25) is 0 Å². The van der Waals surface area contributed by atoms with Crippen LogP contribution in [0.25, 0.3) is 10.9 Å². The van der Waals surface area contributed by atoms with Crippen LogP contribution in [0.4, 0.5) is 0 Å². The minimum absolute atomic E-state index is 0.191. The van der Waals surface area contributed by atoms with Crippen LogP contribution in [-0.2, 0) is 11.3 Å². The molecule has 0 atom stereocenters. The monoisotopic (exact) mass is 425 g/mol. The Morgan fingerprint density at radius 2 is 1.84 bits per heavy atom. The van der Waals surface area contributed by atoms with Crippen molar-refractivity contribution < 1.29 is 14.6 Å². The van der Waals surface area contributed by atoms with Crippen molar-refractivity contribution in [2.75, 3.05) is 13.1 Å². The molecule has 0 bridgehead atoms. The van der Waals surface area contributed by atoms with Gasteiger partial charge in [-0.2, -0.15) is 4.98 Å². The number of nitrogens with zero attached hydrogens (tertiary/aromatic N) is 3. The number of fused-ring (bicyclic) bond motifs is 1. The van der Waals surface area contributed by atoms with Gasteiger partial charge in [0.25, 0.3) is 0 Å². The fourth-order valence-electron chi connectivity index (χ4n) is 5.01. The number of hydrogen-bond acceptors (Lipinski definition) is 5. The Balaban J connectivity index is 1.34. The van der Waals surface area contributed by atoms with Crippen molar-refractivity contribution in [2.45, 2.75) is 71.9 Å². The van der Waals surface area contributed by atoms with Gasteiger partial charge >= 0.3 is 12.0 Å². The van der Waals surface area contributed by atoms with E-state index in [0.29, 0.717) is 11.4 Å². The van der Waals surface area contributed by atoms with E-state index in [0.717, 1.165) is 62.1 Å². The summed E-state index contributed by atoms with van der Waals surface area (Å²) >= 11 is 0. The minimum atomic E-state index is -0.664. The van der Waals surface area contributed by atoms with Crippen LogP contribution in [-0.4, -0.2) is 45.1 Å². The van der Waals surface area contributed by atoms with E-state index in [1.807, 2.05) is 12.3 Å². The van der Waals surface area contributed by atoms with Crippen molar-refractivity contribution >= 4 is 16.9 Å². The van der Waals surface area contributed by atoms with Gasteiger partial charge in [-0.25, -0.2) is 4.98 Å². The van der Waals surface area contributed by atoms with Crippen LogP contribution < -0.4 is 4.74 Å². The lowest BCUT2D eigenvalue weighted by Crippen LogP contribution is -2.35. The van der Waals surface area contributed by atoms with Crippen LogP contribution in [0, 0.1) is 17.3 Å². The van der Waals surface area contributed by atoms with Gasteiger partial charge in [-0.15, -0.1) is 0 Å². The maximum absolute atomic E-state index is 11.1. The van der Waals surface area contributed by atoms with Crippen LogP contribution in [0.3, 0.4) is 0 Å². The van der Waals surface area contributed by atoms with Crippen molar-refractivity contribution in [1.82, 2.24) is 14.9 Å². The van der Waals surface area contributed by atoms with E-state index in [4.69, 9.17) is 9.84 Å². The molecule has 168 valence electrons. The lowest BCUT2D eigenvalue weighted by atomic mass is 9.72. The SMILES string of the molecule is CC(C)(C)C1CCC(Oc2ncc3cc(CN4CCC(C(=O)O)CC4)ccc3n2)CC1. The Labute approximate surface area is 185 Å². The molecular weight excluding hydrogens is 390 g/mol. The van der Waals surface area contributed by atoms with E-state index in [1.54, 1.807) is 0 Å².